The molecule has 1 aliphatic heterocycles. The number of rotatable bonds is 7. The third-order valence-electron chi connectivity index (χ3n) is 5.09. The molecule has 13 heteroatoms. The zero-order valence-corrected chi connectivity index (χ0v) is 21.3. The van der Waals surface area contributed by atoms with Crippen molar-refractivity contribution < 1.29 is 13.0 Å². The van der Waals surface area contributed by atoms with Gasteiger partial charge in [0.05, 0.1) is 23.4 Å². The van der Waals surface area contributed by atoms with Gasteiger partial charge in [-0.25, -0.2) is 23.0 Å². The second-order valence-corrected chi connectivity index (χ2v) is 10.8. The Kier molecular flexibility index (Phi) is 6.85. The smallest absolute Gasteiger partial charge is 0.295 e. The summed E-state index contributed by atoms with van der Waals surface area (Å²) in [5.41, 5.74) is 3.48. The quantitative estimate of drug-likeness (QED) is 0.221. The molecule has 1 aliphatic rings. The fraction of sp³-hybridized carbons (Fsp3) is 0.333. The van der Waals surface area contributed by atoms with Crippen LogP contribution in [0.25, 0.3) is 11.2 Å². The molecule has 2 atom stereocenters. The van der Waals surface area contributed by atoms with Crippen LogP contribution in [0, 0.1) is 0 Å². The molecule has 2 aromatic heterocycles. The summed E-state index contributed by atoms with van der Waals surface area (Å²) in [4.78, 5) is 10.6. The van der Waals surface area contributed by atoms with Crippen molar-refractivity contribution in [3.8, 4) is 0 Å². The van der Waals surface area contributed by atoms with Gasteiger partial charge >= 0.3 is 0 Å². The fourth-order valence-corrected chi connectivity index (χ4v) is 5.81. The third-order valence-corrected chi connectivity index (χ3v) is 8.31. The maximum atomic E-state index is 13.5. The summed E-state index contributed by atoms with van der Waals surface area (Å²) in [6, 6.07) is 7.39. The van der Waals surface area contributed by atoms with Crippen molar-refractivity contribution in [3.63, 3.8) is 0 Å². The first-order valence-corrected chi connectivity index (χ1v) is 15.2. The summed E-state index contributed by atoms with van der Waals surface area (Å²) in [6.45, 7) is 1.97. The van der Waals surface area contributed by atoms with Crippen molar-refractivity contribution in [1.29, 1.82) is 0 Å². The van der Waals surface area contributed by atoms with Gasteiger partial charge in [0.1, 0.15) is 21.7 Å². The van der Waals surface area contributed by atoms with E-state index in [1.165, 1.54) is 4.34 Å². The molecule has 0 bridgehead atoms. The predicted molar refractivity (Wildman–Crippen MR) is 134 cm³/mol. The van der Waals surface area contributed by atoms with E-state index < -0.39 is 17.4 Å². The third kappa shape index (κ3) is 4.46. The van der Waals surface area contributed by atoms with Crippen molar-refractivity contribution in [3.05, 3.63) is 35.2 Å². The number of halogens is 4. The molecule has 0 aliphatic carbocycles. The summed E-state index contributed by atoms with van der Waals surface area (Å²) in [7, 11) is 0.486. The van der Waals surface area contributed by atoms with Crippen LogP contribution in [0.1, 0.15) is 18.7 Å². The highest BCUT2D eigenvalue weighted by Crippen LogP contribution is 2.40. The van der Waals surface area contributed by atoms with Crippen LogP contribution in [0.2, 0.25) is 5.15 Å². The van der Waals surface area contributed by atoms with Crippen LogP contribution >= 0.6 is 40.0 Å². The molecule has 0 amide bonds. The highest BCUT2D eigenvalue weighted by molar-refractivity contribution is 14.2. The van der Waals surface area contributed by atoms with Crippen LogP contribution in [0.4, 0.5) is 31.5 Å². The van der Waals surface area contributed by atoms with Crippen molar-refractivity contribution in [2.24, 2.45) is 0 Å². The van der Waals surface area contributed by atoms with Gasteiger partial charge in [0.15, 0.2) is 11.5 Å². The topological polar surface area (TPSA) is 66.3 Å². The van der Waals surface area contributed by atoms with Gasteiger partial charge < -0.3 is 10.2 Å². The van der Waals surface area contributed by atoms with Crippen LogP contribution < -0.4 is 14.5 Å². The van der Waals surface area contributed by atoms with Gasteiger partial charge in [0.25, 0.3) is 6.43 Å². The van der Waals surface area contributed by atoms with Crippen LogP contribution in [0.15, 0.2) is 24.3 Å². The van der Waals surface area contributed by atoms with Crippen LogP contribution in [0.3, 0.4) is 0 Å². The monoisotopic (exact) mass is 598 g/mol. The number of nitrogens with zero attached hydrogens (tertiary/aromatic N) is 5. The molecule has 31 heavy (non-hydrogen) atoms. The molecule has 1 saturated heterocycles. The Hall–Kier alpha value is -1.30. The first kappa shape index (κ1) is 22.9. The van der Waals surface area contributed by atoms with E-state index in [0.717, 1.165) is 30.9 Å². The molecule has 1 fully saturated rings. The molecule has 0 saturated carbocycles. The summed E-state index contributed by atoms with van der Waals surface area (Å²) in [5.74, 6) is -0.347. The number of imidazole rings is 1. The van der Waals surface area contributed by atoms with Crippen LogP contribution in [-0.2, 0) is 11.0 Å². The summed E-state index contributed by atoms with van der Waals surface area (Å²) in [5, 5.41) is 3.42. The number of alkyl halides is 2. The number of anilines is 4. The normalized spacial score (nSPS) is 15.1. The predicted octanol–water partition coefficient (Wildman–Crippen LogP) is 5.50. The van der Waals surface area contributed by atoms with Crippen molar-refractivity contribution in [2.75, 3.05) is 40.9 Å². The number of hydrogen-bond acceptors (Lipinski definition) is 5. The number of pyridine rings is 1. The number of fused-ring (bicyclic) bond motifs is 1. The Bertz CT molecular complexity index is 1160. The lowest BCUT2D eigenvalue weighted by molar-refractivity contribution is 0.140. The van der Waals surface area contributed by atoms with Crippen molar-refractivity contribution >= 4 is 84.9 Å². The minimum Gasteiger partial charge on any atom is -0.371 e. The average Bonchev–Trinajstić information content (AvgIpc) is 3.06. The van der Waals surface area contributed by atoms with Gasteiger partial charge in [-0.2, -0.15) is 0 Å². The van der Waals surface area contributed by atoms with E-state index >= 15 is 0 Å². The Morgan fingerprint density at radius 2 is 2.03 bits per heavy atom. The van der Waals surface area contributed by atoms with Crippen molar-refractivity contribution in [2.45, 2.75) is 12.8 Å². The van der Waals surface area contributed by atoms with Crippen LogP contribution in [-0.4, -0.2) is 44.9 Å². The zero-order chi connectivity index (χ0) is 22.3. The average molecular weight is 599 g/mol. The zero-order valence-electron chi connectivity index (χ0n) is 16.6. The summed E-state index contributed by atoms with van der Waals surface area (Å²) >= 11 is 8.22. The van der Waals surface area contributed by atoms with Crippen LogP contribution in [0.5, 0.6) is 0 Å². The first-order valence-electron chi connectivity index (χ1n) is 9.27. The maximum Gasteiger partial charge on any atom is 0.295 e. The van der Waals surface area contributed by atoms with E-state index in [2.05, 4.69) is 20.2 Å². The first-order chi connectivity index (χ1) is 14.8. The summed E-state index contributed by atoms with van der Waals surface area (Å²) < 4.78 is 42.3. The van der Waals surface area contributed by atoms with Gasteiger partial charge in [0, 0.05) is 38.1 Å². The fourth-order valence-electron chi connectivity index (χ4n) is 3.30. The molecular weight excluding hydrogens is 580 g/mol. The second kappa shape index (κ2) is 9.29. The maximum absolute atomic E-state index is 13.5. The molecule has 0 spiro atoms. The molecule has 7 nitrogen and oxygen atoms in total. The molecule has 166 valence electrons. The van der Waals surface area contributed by atoms with E-state index in [4.69, 9.17) is 11.6 Å². The van der Waals surface area contributed by atoms with Gasteiger partial charge in [-0.05, 0) is 46.7 Å². The van der Waals surface area contributed by atoms with E-state index in [-0.39, 0.29) is 17.4 Å². The Morgan fingerprint density at radius 3 is 2.61 bits per heavy atom. The number of hydrogen-bond donors (Lipinski definition) is 1. The van der Waals surface area contributed by atoms with E-state index in [1.54, 1.807) is 23.7 Å². The SMILES string of the molecule is CN(c1cc(N2CCC2)ccc1Nc1cc(Cl)nc2c1nc(C(F)F)n2PI)S(C)=O. The van der Waals surface area contributed by atoms with E-state index in [9.17, 15) is 13.0 Å². The highest BCUT2D eigenvalue weighted by Gasteiger charge is 2.23. The number of benzene rings is 1. The lowest BCUT2D eigenvalue weighted by atomic mass is 10.1. The van der Waals surface area contributed by atoms with Gasteiger partial charge in [-0.1, -0.05) is 11.6 Å². The van der Waals surface area contributed by atoms with Gasteiger partial charge in [0.2, 0.25) is 0 Å². The number of nitrogens with one attached hydrogen (secondary N) is 1. The minimum absolute atomic E-state index is 0.00633. The lowest BCUT2D eigenvalue weighted by Crippen LogP contribution is -2.37. The number of aromatic nitrogens is 3. The molecular formula is C18H19ClF2IN6OPS. The molecule has 4 rings (SSSR count). The molecule has 1 aromatic carbocycles. The highest BCUT2D eigenvalue weighted by atomic mass is 127. The molecule has 3 aromatic rings. The molecule has 2 unspecified atom stereocenters. The van der Waals surface area contributed by atoms with Gasteiger partial charge in [-0.15, -0.1) is 0 Å². The van der Waals surface area contributed by atoms with Gasteiger partial charge in [-0.3, -0.25) is 8.64 Å². The lowest BCUT2D eigenvalue weighted by Gasteiger charge is -2.34. The van der Waals surface area contributed by atoms with E-state index in [1.807, 2.05) is 40.2 Å². The second-order valence-electron chi connectivity index (χ2n) is 6.94. The molecule has 0 radical (unpaired) electrons. The Morgan fingerprint density at radius 1 is 1.29 bits per heavy atom. The largest absolute Gasteiger partial charge is 0.371 e. The Balaban J connectivity index is 1.82. The Labute approximate surface area is 200 Å². The molecule has 3 heterocycles. The van der Waals surface area contributed by atoms with Crippen molar-refractivity contribution in [1.82, 2.24) is 14.3 Å². The van der Waals surface area contributed by atoms with E-state index in [0.29, 0.717) is 22.5 Å². The summed E-state index contributed by atoms with van der Waals surface area (Å²) in [6.07, 6.45) is 0.00100. The molecule has 1 N–H and O–H groups in total. The standard InChI is InChI=1S/C18H19ClF2IN6OPS/c1-26(31(2)29)13-8-10(27-6-3-7-27)4-5-11(13)23-12-9-14(19)24-17-15(12)25-18(16(20)21)28(17)30-22/h4-5,8-9,16,30H,3,6-7H2,1-2H3,(H,23,24). The minimum atomic E-state index is -2.73.